The van der Waals surface area contributed by atoms with Crippen LogP contribution in [0.25, 0.3) is 0 Å². The third kappa shape index (κ3) is 2.81. The van der Waals surface area contributed by atoms with Gasteiger partial charge in [0.05, 0.1) is 11.7 Å². The highest BCUT2D eigenvalue weighted by molar-refractivity contribution is 7.71. The number of aromatic amines is 1. The second kappa shape index (κ2) is 6.13. The first-order valence-corrected chi connectivity index (χ1v) is 6.60. The van der Waals surface area contributed by atoms with Crippen molar-refractivity contribution in [3.05, 3.63) is 46.0 Å². The zero-order chi connectivity index (χ0) is 14.3. The van der Waals surface area contributed by atoms with Gasteiger partial charge < -0.3 is 20.0 Å². The van der Waals surface area contributed by atoms with E-state index in [1.165, 1.54) is 6.07 Å². The Morgan fingerprint density at radius 1 is 1.43 bits per heavy atom. The van der Waals surface area contributed by atoms with Crippen molar-refractivity contribution in [2.75, 3.05) is 6.61 Å². The summed E-state index contributed by atoms with van der Waals surface area (Å²) in [4.78, 5) is 2.93. The average molecular weight is 334 g/mol. The van der Waals surface area contributed by atoms with Gasteiger partial charge >= 0.3 is 0 Å². The largest absolute Gasteiger partial charge is 0.488 e. The molecular weight excluding hydrogens is 320 g/mol. The number of hydrogen-bond donors (Lipinski definition) is 2. The highest BCUT2D eigenvalue weighted by Crippen LogP contribution is 2.33. The van der Waals surface area contributed by atoms with Gasteiger partial charge in [-0.2, -0.15) is 0 Å². The predicted octanol–water partition coefficient (Wildman–Crippen LogP) is 2.88. The number of hydrogen-bond acceptors (Lipinski definition) is 3. The molecule has 1 atom stereocenters. The fourth-order valence-corrected chi connectivity index (χ4v) is 2.88. The summed E-state index contributed by atoms with van der Waals surface area (Å²) in [5.74, 6) is -1.16. The summed E-state index contributed by atoms with van der Waals surface area (Å²) in [6.07, 6.45) is 2.19. The first-order valence-electron chi connectivity index (χ1n) is 6.19. The Labute approximate surface area is 131 Å². The van der Waals surface area contributed by atoms with E-state index in [4.69, 9.17) is 22.7 Å². The quantitative estimate of drug-likeness (QED) is 0.831. The van der Waals surface area contributed by atoms with E-state index in [1.54, 1.807) is 6.20 Å². The van der Waals surface area contributed by atoms with Gasteiger partial charge in [0, 0.05) is 30.8 Å². The van der Waals surface area contributed by atoms with Crippen molar-refractivity contribution in [2.45, 2.75) is 19.0 Å². The van der Waals surface area contributed by atoms with Gasteiger partial charge in [-0.05, 0) is 18.3 Å². The fourth-order valence-electron chi connectivity index (χ4n) is 2.56. The Morgan fingerprint density at radius 2 is 2.19 bits per heavy atom. The maximum atomic E-state index is 13.6. The van der Waals surface area contributed by atoms with Crippen molar-refractivity contribution < 1.29 is 13.5 Å². The van der Waals surface area contributed by atoms with Gasteiger partial charge in [0.15, 0.2) is 16.3 Å². The molecule has 0 radical (unpaired) electrons. The summed E-state index contributed by atoms with van der Waals surface area (Å²) in [7, 11) is 0. The SMILES string of the molecule is Cl.NCc1c[nH]c(=S)n1[C@@H]1COc2c(F)cc(F)cc2C1. The Kier molecular flexibility index (Phi) is 4.65. The lowest BCUT2D eigenvalue weighted by molar-refractivity contribution is 0.210. The maximum absolute atomic E-state index is 13.6. The van der Waals surface area contributed by atoms with Crippen LogP contribution in [0.4, 0.5) is 8.78 Å². The molecule has 0 bridgehead atoms. The van der Waals surface area contributed by atoms with Gasteiger partial charge in [-0.15, -0.1) is 12.4 Å². The lowest BCUT2D eigenvalue weighted by Gasteiger charge is -2.27. The van der Waals surface area contributed by atoms with Crippen LogP contribution in [0.3, 0.4) is 0 Å². The molecule has 0 saturated carbocycles. The molecule has 4 nitrogen and oxygen atoms in total. The number of aromatic nitrogens is 2. The van der Waals surface area contributed by atoms with E-state index in [0.717, 1.165) is 11.8 Å². The second-order valence-electron chi connectivity index (χ2n) is 4.70. The number of nitrogens with zero attached hydrogens (tertiary/aromatic N) is 1. The highest BCUT2D eigenvalue weighted by atomic mass is 35.5. The summed E-state index contributed by atoms with van der Waals surface area (Å²) in [6.45, 7) is 0.600. The number of H-pyrrole nitrogens is 1. The molecule has 1 aliphatic heterocycles. The lowest BCUT2D eigenvalue weighted by Crippen LogP contribution is -2.27. The number of nitrogens with two attached hydrogens (primary N) is 1. The van der Waals surface area contributed by atoms with E-state index < -0.39 is 11.6 Å². The molecule has 1 aliphatic rings. The lowest BCUT2D eigenvalue weighted by atomic mass is 10.0. The Bertz CT molecular complexity index is 716. The average Bonchev–Trinajstić information content (AvgIpc) is 2.78. The zero-order valence-corrected chi connectivity index (χ0v) is 12.6. The van der Waals surface area contributed by atoms with Crippen LogP contribution in [0.15, 0.2) is 18.3 Å². The molecule has 0 saturated heterocycles. The van der Waals surface area contributed by atoms with Crippen LogP contribution in [-0.4, -0.2) is 16.2 Å². The minimum absolute atomic E-state index is 0. The zero-order valence-electron chi connectivity index (χ0n) is 10.9. The summed E-state index contributed by atoms with van der Waals surface area (Å²) in [5, 5.41) is 0. The topological polar surface area (TPSA) is 56.0 Å². The molecule has 114 valence electrons. The third-order valence-electron chi connectivity index (χ3n) is 3.43. The summed E-state index contributed by atoms with van der Waals surface area (Å²) >= 11 is 5.22. The molecule has 8 heteroatoms. The fraction of sp³-hybridized carbons (Fsp3) is 0.308. The molecule has 0 unspecified atom stereocenters. The molecule has 0 aliphatic carbocycles. The van der Waals surface area contributed by atoms with E-state index in [2.05, 4.69) is 4.98 Å². The Morgan fingerprint density at radius 3 is 2.90 bits per heavy atom. The summed E-state index contributed by atoms with van der Waals surface area (Å²) in [6, 6.07) is 2.00. The smallest absolute Gasteiger partial charge is 0.177 e. The Balaban J connectivity index is 0.00000161. The highest BCUT2D eigenvalue weighted by Gasteiger charge is 2.26. The molecule has 0 fully saturated rings. The number of fused-ring (bicyclic) bond motifs is 1. The second-order valence-corrected chi connectivity index (χ2v) is 5.09. The van der Waals surface area contributed by atoms with Crippen LogP contribution in [-0.2, 0) is 13.0 Å². The Hall–Kier alpha value is -1.44. The van der Waals surface area contributed by atoms with E-state index in [1.807, 2.05) is 4.57 Å². The van der Waals surface area contributed by atoms with Gasteiger partial charge in [0.1, 0.15) is 12.4 Å². The summed E-state index contributed by atoms with van der Waals surface area (Å²) in [5.41, 5.74) is 7.01. The van der Waals surface area contributed by atoms with Gasteiger partial charge in [0.25, 0.3) is 0 Å². The van der Waals surface area contributed by atoms with E-state index >= 15 is 0 Å². The number of nitrogens with one attached hydrogen (secondary N) is 1. The van der Waals surface area contributed by atoms with Crippen molar-refractivity contribution in [2.24, 2.45) is 5.73 Å². The molecular formula is C13H14ClF2N3OS. The van der Waals surface area contributed by atoms with Crippen molar-refractivity contribution in [1.29, 1.82) is 0 Å². The van der Waals surface area contributed by atoms with E-state index in [-0.39, 0.29) is 30.8 Å². The minimum atomic E-state index is -0.671. The van der Waals surface area contributed by atoms with E-state index in [0.29, 0.717) is 23.3 Å². The monoisotopic (exact) mass is 333 g/mol. The molecule has 3 N–H and O–H groups in total. The summed E-state index contributed by atoms with van der Waals surface area (Å²) < 4.78 is 34.7. The maximum Gasteiger partial charge on any atom is 0.177 e. The normalized spacial score (nSPS) is 16.8. The van der Waals surface area contributed by atoms with Crippen LogP contribution in [0.1, 0.15) is 17.3 Å². The van der Waals surface area contributed by atoms with Crippen LogP contribution < -0.4 is 10.5 Å². The molecule has 1 aromatic carbocycles. The molecule has 3 rings (SSSR count). The molecule has 0 spiro atoms. The number of halogens is 3. The molecule has 1 aromatic heterocycles. The van der Waals surface area contributed by atoms with Crippen LogP contribution in [0, 0.1) is 16.4 Å². The minimum Gasteiger partial charge on any atom is -0.488 e. The molecule has 0 amide bonds. The standard InChI is InChI=1S/C13H13F2N3OS.ClH/c14-8-1-7-2-9(6-19-12(7)11(15)3-8)18-10(4-16)5-17-13(18)20;/h1,3,5,9H,2,4,6,16H2,(H,17,20);1H/t9-;/m0./s1. The van der Waals surface area contributed by atoms with Crippen molar-refractivity contribution in [1.82, 2.24) is 9.55 Å². The number of rotatable bonds is 2. The van der Waals surface area contributed by atoms with Gasteiger partial charge in [0.2, 0.25) is 0 Å². The number of imidazole rings is 1. The van der Waals surface area contributed by atoms with E-state index in [9.17, 15) is 8.78 Å². The van der Waals surface area contributed by atoms with Crippen LogP contribution in [0.2, 0.25) is 0 Å². The van der Waals surface area contributed by atoms with Crippen molar-refractivity contribution in [3.8, 4) is 5.75 Å². The molecule has 2 heterocycles. The van der Waals surface area contributed by atoms with Crippen molar-refractivity contribution in [3.63, 3.8) is 0 Å². The number of ether oxygens (including phenoxy) is 1. The molecule has 21 heavy (non-hydrogen) atoms. The first-order chi connectivity index (χ1) is 9.60. The first kappa shape index (κ1) is 15.9. The number of benzene rings is 1. The van der Waals surface area contributed by atoms with Gasteiger partial charge in [-0.1, -0.05) is 0 Å². The van der Waals surface area contributed by atoms with Crippen molar-refractivity contribution >= 4 is 24.6 Å². The van der Waals surface area contributed by atoms with Crippen LogP contribution >= 0.6 is 24.6 Å². The third-order valence-corrected chi connectivity index (χ3v) is 3.74. The van der Waals surface area contributed by atoms with Gasteiger partial charge in [-0.3, -0.25) is 0 Å². The van der Waals surface area contributed by atoms with Gasteiger partial charge in [-0.25, -0.2) is 8.78 Å². The van der Waals surface area contributed by atoms with Crippen LogP contribution in [0.5, 0.6) is 5.75 Å². The predicted molar refractivity (Wildman–Crippen MR) is 79.4 cm³/mol. The molecule has 2 aromatic rings.